The van der Waals surface area contributed by atoms with Crippen LogP contribution in [-0.2, 0) is 30.1 Å². The number of benzene rings is 1. The molecule has 0 spiro atoms. The average molecular weight is 511 g/mol. The lowest BCUT2D eigenvalue weighted by atomic mass is 10.1. The average Bonchev–Trinajstić information content (AvgIpc) is 3.40. The summed E-state index contributed by atoms with van der Waals surface area (Å²) in [5.41, 5.74) is 3.01. The predicted molar refractivity (Wildman–Crippen MR) is 147 cm³/mol. The Hall–Kier alpha value is -3.37. The maximum Gasteiger partial charge on any atom is 0.332 e. The van der Waals surface area contributed by atoms with Gasteiger partial charge >= 0.3 is 5.69 Å². The molecule has 0 amide bonds. The Morgan fingerprint density at radius 3 is 2.22 bits per heavy atom. The molecule has 4 aromatic rings. The normalized spacial score (nSPS) is 12.0. The van der Waals surface area contributed by atoms with Crippen molar-refractivity contribution < 1.29 is 9.47 Å². The van der Waals surface area contributed by atoms with Crippen molar-refractivity contribution in [3.63, 3.8) is 0 Å². The van der Waals surface area contributed by atoms with Crippen LogP contribution in [0.1, 0.15) is 40.5 Å². The fraction of sp³-hybridized carbons (Fsp3) is 0.519. The molecule has 0 unspecified atom stereocenters. The first-order valence-electron chi connectivity index (χ1n) is 12.9. The van der Waals surface area contributed by atoms with E-state index in [0.29, 0.717) is 30.1 Å². The molecule has 0 aliphatic rings. The summed E-state index contributed by atoms with van der Waals surface area (Å²) in [6, 6.07) is 8.25. The van der Waals surface area contributed by atoms with Crippen LogP contribution in [0.2, 0.25) is 0 Å². The third kappa shape index (κ3) is 5.65. The second-order valence-electron chi connectivity index (χ2n) is 9.88. The molecule has 4 rings (SSSR count). The molecule has 200 valence electrons. The topological polar surface area (TPSA) is 96.7 Å². The number of nitrogens with one attached hydrogen (secondary N) is 1. The van der Waals surface area contributed by atoms with Crippen LogP contribution in [0.15, 0.2) is 40.1 Å². The second-order valence-corrected chi connectivity index (χ2v) is 9.88. The van der Waals surface area contributed by atoms with E-state index in [1.54, 1.807) is 11.4 Å². The molecule has 3 aromatic heterocycles. The summed E-state index contributed by atoms with van der Waals surface area (Å²) in [6.07, 6.45) is 4.06. The molecule has 10 heteroatoms. The zero-order chi connectivity index (χ0) is 26.7. The Kier molecular flexibility index (Phi) is 8.19. The molecule has 0 atom stereocenters. The summed E-state index contributed by atoms with van der Waals surface area (Å²) in [4.78, 5) is 30.2. The first-order valence-corrected chi connectivity index (χ1v) is 12.9. The first-order chi connectivity index (χ1) is 17.7. The minimum absolute atomic E-state index is 0.160. The van der Waals surface area contributed by atoms with Gasteiger partial charge in [-0.25, -0.2) is 4.79 Å². The van der Waals surface area contributed by atoms with Gasteiger partial charge in [-0.2, -0.15) is 4.98 Å². The van der Waals surface area contributed by atoms with Gasteiger partial charge in [-0.15, -0.1) is 0 Å². The van der Waals surface area contributed by atoms with Crippen LogP contribution >= 0.6 is 0 Å². The molecular formula is C27H38N6O4. The number of ether oxygens (including phenoxy) is 2. The Morgan fingerprint density at radius 1 is 0.919 bits per heavy atom. The van der Waals surface area contributed by atoms with E-state index in [4.69, 9.17) is 14.5 Å². The lowest BCUT2D eigenvalue weighted by molar-refractivity contribution is 0.0750. The van der Waals surface area contributed by atoms with Gasteiger partial charge < -0.3 is 19.4 Å². The molecule has 0 saturated carbocycles. The smallest absolute Gasteiger partial charge is 0.332 e. The number of nitrogens with zero attached hydrogens (tertiary/aromatic N) is 5. The van der Waals surface area contributed by atoms with Crippen molar-refractivity contribution >= 4 is 22.6 Å². The Balaban J connectivity index is 1.67. The SMILES string of the molecule is CC(C)OCCCNc1ccc(-c2cn3c4c(=O)n(C)c(=O)n(C)c4nc3n2CCCOC(C)C)cc1. The quantitative estimate of drug-likeness (QED) is 0.294. The van der Waals surface area contributed by atoms with Crippen molar-refractivity contribution in [3.8, 4) is 11.3 Å². The van der Waals surface area contributed by atoms with Gasteiger partial charge in [0, 0.05) is 52.3 Å². The van der Waals surface area contributed by atoms with Crippen LogP contribution in [-0.4, -0.2) is 55.1 Å². The fourth-order valence-corrected chi connectivity index (χ4v) is 4.39. The Bertz CT molecular complexity index is 1470. The van der Waals surface area contributed by atoms with Gasteiger partial charge in [0.15, 0.2) is 11.2 Å². The summed E-state index contributed by atoms with van der Waals surface area (Å²) >= 11 is 0. The maximum atomic E-state index is 13.0. The minimum Gasteiger partial charge on any atom is -0.385 e. The molecule has 3 heterocycles. The molecule has 1 aromatic carbocycles. The highest BCUT2D eigenvalue weighted by Crippen LogP contribution is 2.27. The van der Waals surface area contributed by atoms with Crippen molar-refractivity contribution in [2.24, 2.45) is 14.1 Å². The molecule has 1 N–H and O–H groups in total. The van der Waals surface area contributed by atoms with E-state index in [9.17, 15) is 9.59 Å². The Morgan fingerprint density at radius 2 is 1.57 bits per heavy atom. The van der Waals surface area contributed by atoms with E-state index < -0.39 is 5.69 Å². The van der Waals surface area contributed by atoms with Gasteiger partial charge in [-0.3, -0.25) is 18.3 Å². The summed E-state index contributed by atoms with van der Waals surface area (Å²) < 4.78 is 17.8. The zero-order valence-corrected chi connectivity index (χ0v) is 22.7. The van der Waals surface area contributed by atoms with E-state index >= 15 is 0 Å². The van der Waals surface area contributed by atoms with Crippen molar-refractivity contribution in [2.45, 2.75) is 59.3 Å². The summed E-state index contributed by atoms with van der Waals surface area (Å²) in [7, 11) is 3.13. The van der Waals surface area contributed by atoms with Crippen molar-refractivity contribution in [1.29, 1.82) is 0 Å². The van der Waals surface area contributed by atoms with E-state index in [2.05, 4.69) is 34.1 Å². The monoisotopic (exact) mass is 510 g/mol. The Labute approximate surface area is 216 Å². The molecular weight excluding hydrogens is 472 g/mol. The number of fused-ring (bicyclic) bond motifs is 3. The standard InChI is InChI=1S/C27H38N6O4/c1-18(2)36-15-7-13-28-21-11-9-20(10-12-21)22-17-33-23-24(30(5)27(35)31(6)25(23)34)29-26(33)32(22)14-8-16-37-19(3)4/h9-12,17-19,28H,7-8,13-16H2,1-6H3. The van der Waals surface area contributed by atoms with Crippen LogP contribution in [0.25, 0.3) is 28.2 Å². The van der Waals surface area contributed by atoms with Gasteiger partial charge in [0.1, 0.15) is 0 Å². The van der Waals surface area contributed by atoms with E-state index in [0.717, 1.165) is 47.5 Å². The van der Waals surface area contributed by atoms with Crippen molar-refractivity contribution in [2.75, 3.05) is 25.1 Å². The fourth-order valence-electron chi connectivity index (χ4n) is 4.39. The van der Waals surface area contributed by atoms with E-state index in [1.165, 1.54) is 11.6 Å². The first kappa shape index (κ1) is 26.7. The molecule has 0 saturated heterocycles. The van der Waals surface area contributed by atoms with Gasteiger partial charge in [-0.1, -0.05) is 12.1 Å². The van der Waals surface area contributed by atoms with Crippen LogP contribution < -0.4 is 16.6 Å². The second kappa shape index (κ2) is 11.4. The lowest BCUT2D eigenvalue weighted by Gasteiger charge is -2.12. The number of anilines is 1. The number of rotatable bonds is 12. The van der Waals surface area contributed by atoms with Crippen molar-refractivity contribution in [3.05, 3.63) is 51.3 Å². The third-order valence-corrected chi connectivity index (χ3v) is 6.32. The highest BCUT2D eigenvalue weighted by atomic mass is 16.5. The number of imidazole rings is 2. The van der Waals surface area contributed by atoms with Crippen LogP contribution in [0.3, 0.4) is 0 Å². The molecule has 0 radical (unpaired) electrons. The van der Waals surface area contributed by atoms with Gasteiger partial charge in [0.05, 0.1) is 17.9 Å². The molecule has 10 nitrogen and oxygen atoms in total. The molecule has 37 heavy (non-hydrogen) atoms. The minimum atomic E-state index is -0.394. The molecule has 0 aliphatic heterocycles. The third-order valence-electron chi connectivity index (χ3n) is 6.32. The number of aryl methyl sites for hydroxylation is 2. The zero-order valence-electron chi connectivity index (χ0n) is 22.7. The number of hydrogen-bond acceptors (Lipinski definition) is 6. The molecule has 0 fully saturated rings. The summed E-state index contributed by atoms with van der Waals surface area (Å²) in [6.45, 7) is 11.0. The number of hydrogen-bond donors (Lipinski definition) is 1. The van der Waals surface area contributed by atoms with Gasteiger partial charge in [0.2, 0.25) is 5.78 Å². The van der Waals surface area contributed by atoms with E-state index in [1.807, 2.05) is 33.9 Å². The van der Waals surface area contributed by atoms with Gasteiger partial charge in [-0.05, 0) is 58.2 Å². The van der Waals surface area contributed by atoms with Crippen molar-refractivity contribution in [1.82, 2.24) is 23.1 Å². The molecule has 0 bridgehead atoms. The highest BCUT2D eigenvalue weighted by Gasteiger charge is 2.20. The number of aromatic nitrogens is 5. The van der Waals surface area contributed by atoms with E-state index in [-0.39, 0.29) is 17.8 Å². The van der Waals surface area contributed by atoms with Gasteiger partial charge in [0.25, 0.3) is 5.56 Å². The molecule has 0 aliphatic carbocycles. The maximum absolute atomic E-state index is 13.0. The van der Waals surface area contributed by atoms with Crippen LogP contribution in [0.5, 0.6) is 0 Å². The highest BCUT2D eigenvalue weighted by molar-refractivity contribution is 5.78. The predicted octanol–water partition coefficient (Wildman–Crippen LogP) is 3.40. The summed E-state index contributed by atoms with van der Waals surface area (Å²) in [5, 5.41) is 3.44. The van der Waals surface area contributed by atoms with Crippen LogP contribution in [0, 0.1) is 0 Å². The summed E-state index contributed by atoms with van der Waals surface area (Å²) in [5.74, 6) is 0.625. The largest absolute Gasteiger partial charge is 0.385 e. The van der Waals surface area contributed by atoms with Crippen LogP contribution in [0.4, 0.5) is 5.69 Å². The lowest BCUT2D eigenvalue weighted by Crippen LogP contribution is -2.37.